The van der Waals surface area contributed by atoms with Gasteiger partial charge in [0.05, 0.1) is 17.2 Å². The normalized spacial score (nSPS) is 19.9. The van der Waals surface area contributed by atoms with Crippen LogP contribution in [-0.2, 0) is 13.0 Å². The molecule has 22 heavy (non-hydrogen) atoms. The summed E-state index contributed by atoms with van der Waals surface area (Å²) in [6, 6.07) is 0. The number of thiazole rings is 1. The minimum atomic E-state index is 0.510. The first-order chi connectivity index (χ1) is 10.7. The Hall–Kier alpha value is -1.27. The summed E-state index contributed by atoms with van der Waals surface area (Å²) < 4.78 is 5.32. The summed E-state index contributed by atoms with van der Waals surface area (Å²) in [6.45, 7) is 9.34. The van der Waals surface area contributed by atoms with E-state index in [1.54, 1.807) is 0 Å². The van der Waals surface area contributed by atoms with E-state index in [1.807, 2.05) is 18.3 Å². The molecule has 0 spiro atoms. The van der Waals surface area contributed by atoms with Crippen LogP contribution in [0, 0.1) is 0 Å². The first kappa shape index (κ1) is 15.6. The van der Waals surface area contributed by atoms with Crippen LogP contribution in [0.5, 0.6) is 0 Å². The monoisotopic (exact) mass is 320 g/mol. The molecule has 1 aliphatic rings. The number of nitrogens with zero attached hydrogens (tertiary/aromatic N) is 4. The van der Waals surface area contributed by atoms with Crippen molar-refractivity contribution < 1.29 is 4.52 Å². The second-order valence-corrected chi connectivity index (χ2v) is 7.19. The molecule has 120 valence electrons. The van der Waals surface area contributed by atoms with E-state index in [9.17, 15) is 0 Å². The molecule has 0 aliphatic carbocycles. The first-order valence-electron chi connectivity index (χ1n) is 8.14. The van der Waals surface area contributed by atoms with E-state index in [2.05, 4.69) is 34.3 Å². The van der Waals surface area contributed by atoms with E-state index in [0.29, 0.717) is 11.8 Å². The van der Waals surface area contributed by atoms with E-state index in [-0.39, 0.29) is 0 Å². The molecule has 0 N–H and O–H groups in total. The summed E-state index contributed by atoms with van der Waals surface area (Å²) in [6.07, 6.45) is 3.25. The molecule has 1 unspecified atom stereocenters. The lowest BCUT2D eigenvalue weighted by atomic mass is 9.98. The van der Waals surface area contributed by atoms with Crippen LogP contribution in [0.4, 0.5) is 0 Å². The zero-order chi connectivity index (χ0) is 15.5. The van der Waals surface area contributed by atoms with Gasteiger partial charge in [-0.3, -0.25) is 4.90 Å². The van der Waals surface area contributed by atoms with E-state index in [0.717, 1.165) is 37.8 Å². The van der Waals surface area contributed by atoms with Gasteiger partial charge in [-0.05, 0) is 25.3 Å². The number of aromatic nitrogens is 3. The maximum Gasteiger partial charge on any atom is 0.240 e. The Balaban J connectivity index is 1.63. The maximum absolute atomic E-state index is 5.32. The first-order valence-corrected chi connectivity index (χ1v) is 9.02. The van der Waals surface area contributed by atoms with Gasteiger partial charge in [-0.15, -0.1) is 11.3 Å². The Labute approximate surface area is 135 Å². The lowest BCUT2D eigenvalue weighted by Gasteiger charge is -2.30. The molecule has 1 aliphatic heterocycles. The molecule has 3 rings (SSSR count). The van der Waals surface area contributed by atoms with Gasteiger partial charge in [-0.1, -0.05) is 25.9 Å². The number of hydrogen-bond donors (Lipinski definition) is 0. The van der Waals surface area contributed by atoms with Crippen LogP contribution in [0.3, 0.4) is 0 Å². The molecule has 6 heteroatoms. The Morgan fingerprint density at radius 3 is 2.95 bits per heavy atom. The predicted molar refractivity (Wildman–Crippen MR) is 87.1 cm³/mol. The van der Waals surface area contributed by atoms with Gasteiger partial charge in [0.2, 0.25) is 5.89 Å². The molecule has 2 aromatic rings. The Kier molecular flexibility index (Phi) is 4.88. The second kappa shape index (κ2) is 6.87. The van der Waals surface area contributed by atoms with Crippen LogP contribution in [0.15, 0.2) is 9.90 Å². The summed E-state index contributed by atoms with van der Waals surface area (Å²) >= 11 is 1.81. The van der Waals surface area contributed by atoms with Gasteiger partial charge < -0.3 is 4.52 Å². The third kappa shape index (κ3) is 3.55. The van der Waals surface area contributed by atoms with Crippen LogP contribution < -0.4 is 0 Å². The number of hydrogen-bond acceptors (Lipinski definition) is 6. The van der Waals surface area contributed by atoms with Crippen molar-refractivity contribution in [3.8, 4) is 0 Å². The molecule has 0 amide bonds. The minimum absolute atomic E-state index is 0.510. The van der Waals surface area contributed by atoms with Gasteiger partial charge in [0.1, 0.15) is 0 Å². The van der Waals surface area contributed by atoms with Crippen LogP contribution in [-0.4, -0.2) is 33.1 Å². The Morgan fingerprint density at radius 2 is 2.27 bits per heavy atom. The van der Waals surface area contributed by atoms with Crippen molar-refractivity contribution in [3.63, 3.8) is 0 Å². The second-order valence-electron chi connectivity index (χ2n) is 6.30. The highest BCUT2D eigenvalue weighted by Crippen LogP contribution is 2.31. The largest absolute Gasteiger partial charge is 0.338 e. The van der Waals surface area contributed by atoms with Crippen LogP contribution >= 0.6 is 11.3 Å². The van der Waals surface area contributed by atoms with Crippen molar-refractivity contribution in [1.29, 1.82) is 0 Å². The number of aryl methyl sites for hydroxylation is 1. The van der Waals surface area contributed by atoms with E-state index in [1.165, 1.54) is 23.5 Å². The van der Waals surface area contributed by atoms with Crippen molar-refractivity contribution in [1.82, 2.24) is 20.0 Å². The molecule has 1 atom stereocenters. The zero-order valence-electron chi connectivity index (χ0n) is 13.6. The summed E-state index contributed by atoms with van der Waals surface area (Å²) in [4.78, 5) is 11.7. The highest BCUT2D eigenvalue weighted by atomic mass is 32.1. The molecule has 3 heterocycles. The summed E-state index contributed by atoms with van der Waals surface area (Å²) in [5.74, 6) is 2.58. The summed E-state index contributed by atoms with van der Waals surface area (Å²) in [7, 11) is 0. The van der Waals surface area contributed by atoms with Crippen LogP contribution in [0.1, 0.15) is 67.9 Å². The van der Waals surface area contributed by atoms with Gasteiger partial charge in [0.15, 0.2) is 5.82 Å². The smallest absolute Gasteiger partial charge is 0.240 e. The van der Waals surface area contributed by atoms with Crippen molar-refractivity contribution >= 4 is 11.3 Å². The molecule has 5 nitrogen and oxygen atoms in total. The fraction of sp³-hybridized carbons (Fsp3) is 0.688. The van der Waals surface area contributed by atoms with Gasteiger partial charge in [0, 0.05) is 24.3 Å². The topological polar surface area (TPSA) is 55.1 Å². The molecule has 0 saturated carbocycles. The Bertz CT molecular complexity index is 607. The molecule has 0 aromatic carbocycles. The minimum Gasteiger partial charge on any atom is -0.338 e. The lowest BCUT2D eigenvalue weighted by Crippen LogP contribution is -2.34. The molecule has 1 saturated heterocycles. The third-order valence-corrected chi connectivity index (χ3v) is 5.20. The molecular formula is C16H24N4OS. The van der Waals surface area contributed by atoms with Crippen molar-refractivity contribution in [2.45, 2.75) is 58.4 Å². The SMILES string of the molecule is CCc1noc(CN2CCCC(c3nc(C(C)C)cs3)C2)n1. The van der Waals surface area contributed by atoms with Crippen LogP contribution in [0.2, 0.25) is 0 Å². The molecule has 0 bridgehead atoms. The number of likely N-dealkylation sites (tertiary alicyclic amines) is 1. The highest BCUT2D eigenvalue weighted by Gasteiger charge is 2.25. The summed E-state index contributed by atoms with van der Waals surface area (Å²) in [5.41, 5.74) is 1.22. The quantitative estimate of drug-likeness (QED) is 0.842. The average Bonchev–Trinajstić information content (AvgIpc) is 3.16. The van der Waals surface area contributed by atoms with Crippen LogP contribution in [0.25, 0.3) is 0 Å². The Morgan fingerprint density at radius 1 is 1.41 bits per heavy atom. The predicted octanol–water partition coefficient (Wildman–Crippen LogP) is 3.59. The lowest BCUT2D eigenvalue weighted by molar-refractivity contribution is 0.177. The van der Waals surface area contributed by atoms with E-state index >= 15 is 0 Å². The highest BCUT2D eigenvalue weighted by molar-refractivity contribution is 7.09. The van der Waals surface area contributed by atoms with Gasteiger partial charge in [0.25, 0.3) is 0 Å². The molecule has 2 aromatic heterocycles. The van der Waals surface area contributed by atoms with Gasteiger partial charge in [-0.2, -0.15) is 4.98 Å². The number of rotatable bonds is 5. The zero-order valence-corrected chi connectivity index (χ0v) is 14.4. The van der Waals surface area contributed by atoms with Crippen molar-refractivity contribution in [2.75, 3.05) is 13.1 Å². The standard InChI is InChI=1S/C16H24N4OS/c1-4-14-18-15(21-19-14)9-20-7-5-6-12(8-20)16-17-13(10-22-16)11(2)3/h10-12H,4-9H2,1-3H3. The third-order valence-electron chi connectivity index (χ3n) is 4.17. The molecule has 0 radical (unpaired) electrons. The number of piperidine rings is 1. The van der Waals surface area contributed by atoms with E-state index < -0.39 is 0 Å². The van der Waals surface area contributed by atoms with Gasteiger partial charge >= 0.3 is 0 Å². The fourth-order valence-electron chi connectivity index (χ4n) is 2.84. The van der Waals surface area contributed by atoms with Crippen molar-refractivity contribution in [3.05, 3.63) is 27.8 Å². The van der Waals surface area contributed by atoms with Gasteiger partial charge in [-0.25, -0.2) is 4.98 Å². The average molecular weight is 320 g/mol. The van der Waals surface area contributed by atoms with Crippen molar-refractivity contribution in [2.24, 2.45) is 0 Å². The fourth-order valence-corrected chi connectivity index (χ4v) is 3.95. The molecule has 1 fully saturated rings. The maximum atomic E-state index is 5.32. The van der Waals surface area contributed by atoms with E-state index in [4.69, 9.17) is 9.51 Å². The summed E-state index contributed by atoms with van der Waals surface area (Å²) in [5, 5.41) is 7.48. The molecular weight excluding hydrogens is 296 g/mol.